The van der Waals surface area contributed by atoms with Gasteiger partial charge < -0.3 is 4.90 Å². The lowest BCUT2D eigenvalue weighted by molar-refractivity contribution is 0.221. The van der Waals surface area contributed by atoms with E-state index in [4.69, 9.17) is 0 Å². The highest BCUT2D eigenvalue weighted by atomic mass is 28.3. The van der Waals surface area contributed by atoms with E-state index >= 15 is 0 Å². The van der Waals surface area contributed by atoms with Gasteiger partial charge in [-0.2, -0.15) is 0 Å². The zero-order valence-corrected chi connectivity index (χ0v) is 11.7. The second-order valence-corrected chi connectivity index (χ2v) is 8.26. The number of hydrogen-bond donors (Lipinski definition) is 0. The largest absolute Gasteiger partial charge is 0.306 e. The predicted octanol–water partition coefficient (Wildman–Crippen LogP) is 2.09. The molecule has 1 saturated heterocycles. The highest BCUT2D eigenvalue weighted by molar-refractivity contribution is 6.72. The van der Waals surface area contributed by atoms with E-state index in [1.165, 1.54) is 32.0 Å². The lowest BCUT2D eigenvalue weighted by Crippen LogP contribution is -2.36. The number of likely N-dealkylation sites (tertiary alicyclic amines) is 1. The van der Waals surface area contributed by atoms with Crippen LogP contribution in [-0.2, 0) is 0 Å². The number of nitrogens with zero attached hydrogens (tertiary/aromatic N) is 1. The summed E-state index contributed by atoms with van der Waals surface area (Å²) in [4.78, 5) is 2.50. The highest BCUT2D eigenvalue weighted by Crippen LogP contribution is 2.20. The van der Waals surface area contributed by atoms with Crippen molar-refractivity contribution in [3.05, 3.63) is 30.3 Å². The quantitative estimate of drug-likeness (QED) is 0.723. The van der Waals surface area contributed by atoms with E-state index in [-0.39, 0.29) is 0 Å². The van der Waals surface area contributed by atoms with Gasteiger partial charge in [-0.15, -0.1) is 0 Å². The fraction of sp³-hybridized carbons (Fsp3) is 0.571. The van der Waals surface area contributed by atoms with E-state index in [2.05, 4.69) is 48.8 Å². The van der Waals surface area contributed by atoms with Crippen LogP contribution in [0.3, 0.4) is 0 Å². The van der Waals surface area contributed by atoms with Crippen LogP contribution in [0.5, 0.6) is 0 Å². The normalized spacial score (nSPS) is 24.2. The molecule has 0 spiro atoms. The molecule has 0 radical (unpaired) electrons. The molecule has 0 bridgehead atoms. The first-order valence-corrected chi connectivity index (χ1v) is 9.04. The summed E-state index contributed by atoms with van der Waals surface area (Å²) < 4.78 is 0. The zero-order chi connectivity index (χ0) is 11.4. The van der Waals surface area contributed by atoms with Crippen molar-refractivity contribution in [2.45, 2.75) is 25.4 Å². The fourth-order valence-corrected chi connectivity index (χ4v) is 5.42. The Morgan fingerprint density at radius 1 is 1.31 bits per heavy atom. The maximum absolute atomic E-state index is 2.50. The van der Waals surface area contributed by atoms with E-state index < -0.39 is 8.80 Å². The van der Waals surface area contributed by atoms with Gasteiger partial charge in [0.2, 0.25) is 0 Å². The Morgan fingerprint density at radius 2 is 2.06 bits per heavy atom. The summed E-state index contributed by atoms with van der Waals surface area (Å²) in [6.45, 7) is 5.13. The lowest BCUT2D eigenvalue weighted by atomic mass is 10.0. The summed E-state index contributed by atoms with van der Waals surface area (Å²) in [6.07, 6.45) is 2.85. The monoisotopic (exact) mass is 233 g/mol. The van der Waals surface area contributed by atoms with Gasteiger partial charge in [-0.05, 0) is 32.4 Å². The van der Waals surface area contributed by atoms with Crippen LogP contribution in [0.25, 0.3) is 0 Å². The van der Waals surface area contributed by atoms with Crippen molar-refractivity contribution in [1.29, 1.82) is 0 Å². The molecule has 1 heterocycles. The van der Waals surface area contributed by atoms with Gasteiger partial charge in [-0.25, -0.2) is 0 Å². The van der Waals surface area contributed by atoms with Crippen molar-refractivity contribution in [3.63, 3.8) is 0 Å². The molecule has 0 aliphatic carbocycles. The van der Waals surface area contributed by atoms with Crippen LogP contribution in [0.1, 0.15) is 12.8 Å². The van der Waals surface area contributed by atoms with Crippen LogP contribution < -0.4 is 5.19 Å². The Labute approximate surface area is 101 Å². The van der Waals surface area contributed by atoms with Crippen molar-refractivity contribution < 1.29 is 0 Å². The van der Waals surface area contributed by atoms with Crippen molar-refractivity contribution in [1.82, 2.24) is 4.90 Å². The second-order valence-electron chi connectivity index (χ2n) is 5.32. The lowest BCUT2D eigenvalue weighted by Gasteiger charge is -2.31. The first kappa shape index (κ1) is 11.9. The van der Waals surface area contributed by atoms with E-state index in [1.54, 1.807) is 5.19 Å². The molecule has 1 nitrogen and oxygen atoms in total. The minimum atomic E-state index is -0.688. The smallest absolute Gasteiger partial charge is 0.0681 e. The van der Waals surface area contributed by atoms with E-state index in [0.717, 1.165) is 5.92 Å². The van der Waals surface area contributed by atoms with Crippen LogP contribution in [0.4, 0.5) is 0 Å². The molecule has 0 N–H and O–H groups in total. The molecule has 1 aromatic rings. The molecule has 16 heavy (non-hydrogen) atoms. The van der Waals surface area contributed by atoms with Crippen molar-refractivity contribution in [3.8, 4) is 0 Å². The zero-order valence-electron chi connectivity index (χ0n) is 10.5. The van der Waals surface area contributed by atoms with Gasteiger partial charge in [0, 0.05) is 6.54 Å². The standard InChI is InChI=1S/C14H23NSi/c1-15-10-6-7-13(11-15)12-16(2)14-8-4-3-5-9-14/h3-5,8-9,13,16H,6-7,10-12H2,1-2H3. The summed E-state index contributed by atoms with van der Waals surface area (Å²) in [5.74, 6) is 0.959. The van der Waals surface area contributed by atoms with Gasteiger partial charge >= 0.3 is 0 Å². The number of hydrogen-bond acceptors (Lipinski definition) is 1. The Balaban J connectivity index is 1.89. The molecule has 0 aromatic heterocycles. The minimum absolute atomic E-state index is 0.688. The van der Waals surface area contributed by atoms with Crippen molar-refractivity contribution in [2.24, 2.45) is 5.92 Å². The molecule has 1 aliphatic rings. The van der Waals surface area contributed by atoms with Crippen LogP contribution in [-0.4, -0.2) is 33.8 Å². The molecule has 1 fully saturated rings. The predicted molar refractivity (Wildman–Crippen MR) is 74.1 cm³/mol. The van der Waals surface area contributed by atoms with Gasteiger partial charge in [0.15, 0.2) is 0 Å². The molecular weight excluding hydrogens is 210 g/mol. The third-order valence-electron chi connectivity index (χ3n) is 3.78. The molecule has 1 aromatic carbocycles. The van der Waals surface area contributed by atoms with Gasteiger partial charge in [0.25, 0.3) is 0 Å². The Hall–Kier alpha value is -0.603. The average molecular weight is 233 g/mol. The van der Waals surface area contributed by atoms with E-state index in [1.807, 2.05) is 0 Å². The number of benzene rings is 1. The molecule has 2 rings (SSSR count). The van der Waals surface area contributed by atoms with Gasteiger partial charge in [-0.3, -0.25) is 0 Å². The van der Waals surface area contributed by atoms with Gasteiger partial charge in [0.1, 0.15) is 0 Å². The molecular formula is C14H23NSi. The van der Waals surface area contributed by atoms with Crippen LogP contribution in [0.15, 0.2) is 30.3 Å². The molecule has 0 amide bonds. The first-order chi connectivity index (χ1) is 7.75. The summed E-state index contributed by atoms with van der Waals surface area (Å²) in [5, 5.41) is 1.63. The fourth-order valence-electron chi connectivity index (χ4n) is 2.88. The molecule has 88 valence electrons. The van der Waals surface area contributed by atoms with E-state index in [0.29, 0.717) is 0 Å². The number of rotatable bonds is 3. The van der Waals surface area contributed by atoms with E-state index in [9.17, 15) is 0 Å². The number of piperidine rings is 1. The molecule has 2 unspecified atom stereocenters. The summed E-state index contributed by atoms with van der Waals surface area (Å²) in [7, 11) is 1.58. The third kappa shape index (κ3) is 3.19. The van der Waals surface area contributed by atoms with Crippen molar-refractivity contribution in [2.75, 3.05) is 20.1 Å². The van der Waals surface area contributed by atoms with Crippen LogP contribution >= 0.6 is 0 Å². The SMILES string of the molecule is CN1CCCC(C[SiH](C)c2ccccc2)C1. The third-order valence-corrected chi connectivity index (χ3v) is 6.67. The Bertz CT molecular complexity index is 312. The maximum Gasteiger partial charge on any atom is 0.0681 e. The molecule has 0 saturated carbocycles. The molecule has 2 atom stereocenters. The molecule has 1 aliphatic heterocycles. The summed E-state index contributed by atoms with van der Waals surface area (Å²) in [5.41, 5.74) is 0. The Morgan fingerprint density at radius 3 is 2.75 bits per heavy atom. The highest BCUT2D eigenvalue weighted by Gasteiger charge is 2.20. The Kier molecular flexibility index (Phi) is 4.19. The van der Waals surface area contributed by atoms with Gasteiger partial charge in [0.05, 0.1) is 8.80 Å². The summed E-state index contributed by atoms with van der Waals surface area (Å²) >= 11 is 0. The topological polar surface area (TPSA) is 3.24 Å². The van der Waals surface area contributed by atoms with Gasteiger partial charge in [-0.1, -0.05) is 48.1 Å². The average Bonchev–Trinajstić information content (AvgIpc) is 2.30. The second kappa shape index (κ2) is 5.64. The van der Waals surface area contributed by atoms with Crippen molar-refractivity contribution >= 4 is 14.0 Å². The summed E-state index contributed by atoms with van der Waals surface area (Å²) in [6, 6.07) is 12.6. The first-order valence-electron chi connectivity index (χ1n) is 6.49. The maximum atomic E-state index is 2.50. The van der Waals surface area contributed by atoms with Crippen LogP contribution in [0, 0.1) is 5.92 Å². The molecule has 2 heteroatoms. The van der Waals surface area contributed by atoms with Crippen LogP contribution in [0.2, 0.25) is 12.6 Å². The minimum Gasteiger partial charge on any atom is -0.306 e.